The first-order valence-corrected chi connectivity index (χ1v) is 10.8. The van der Waals surface area contributed by atoms with Gasteiger partial charge in [0.1, 0.15) is 5.84 Å². The summed E-state index contributed by atoms with van der Waals surface area (Å²) < 4.78 is 27.4. The summed E-state index contributed by atoms with van der Waals surface area (Å²) in [7, 11) is -3.58. The number of halogens is 1. The normalized spacial score (nSPS) is 13.5. The molecule has 0 fully saturated rings. The molecule has 156 valence electrons. The topological polar surface area (TPSA) is 87.8 Å². The number of hydrogen-bond acceptors (Lipinski definition) is 5. The maximum atomic E-state index is 12.4. The molecule has 4 rings (SSSR count). The first-order chi connectivity index (χ1) is 14.0. The number of nitrogens with two attached hydrogens (primary N) is 1. The molecule has 0 aliphatic carbocycles. The lowest BCUT2D eigenvalue weighted by molar-refractivity contribution is 0.484. The van der Waals surface area contributed by atoms with Gasteiger partial charge in [0.25, 0.3) is 10.0 Å². The van der Waals surface area contributed by atoms with Crippen molar-refractivity contribution in [3.8, 4) is 0 Å². The summed E-state index contributed by atoms with van der Waals surface area (Å²) >= 11 is 0. The summed E-state index contributed by atoms with van der Waals surface area (Å²) in [6, 6.07) is 23.9. The monoisotopic (exact) mass is 442 g/mol. The zero-order chi connectivity index (χ0) is 20.3. The van der Waals surface area contributed by atoms with Gasteiger partial charge in [-0.1, -0.05) is 54.6 Å². The Hall–Kier alpha value is -2.87. The average molecular weight is 443 g/mol. The van der Waals surface area contributed by atoms with Gasteiger partial charge in [-0.25, -0.2) is 14.3 Å². The van der Waals surface area contributed by atoms with E-state index in [9.17, 15) is 8.42 Å². The predicted octanol–water partition coefficient (Wildman–Crippen LogP) is 3.44. The minimum absolute atomic E-state index is 0. The van der Waals surface area contributed by atoms with Crippen LogP contribution >= 0.6 is 12.4 Å². The molecule has 1 aliphatic rings. The van der Waals surface area contributed by atoms with E-state index in [1.807, 2.05) is 24.3 Å². The van der Waals surface area contributed by atoms with E-state index in [0.717, 1.165) is 42.0 Å². The fourth-order valence-electron chi connectivity index (χ4n) is 3.23. The molecule has 3 aromatic rings. The molecule has 3 aromatic carbocycles. The molecule has 0 amide bonds. The third-order valence-corrected chi connectivity index (χ3v) is 6.15. The molecule has 30 heavy (non-hydrogen) atoms. The zero-order valence-electron chi connectivity index (χ0n) is 16.2. The average Bonchev–Trinajstić information content (AvgIpc) is 3.16. The number of hydrazine groups is 1. The summed E-state index contributed by atoms with van der Waals surface area (Å²) in [4.78, 5) is 4.67. The van der Waals surface area contributed by atoms with Gasteiger partial charge in [0, 0.05) is 11.3 Å². The number of aliphatic imine (C=N–C) groups is 1. The van der Waals surface area contributed by atoms with Crippen molar-refractivity contribution in [1.29, 1.82) is 0 Å². The first-order valence-electron chi connectivity index (χ1n) is 9.34. The Balaban J connectivity index is 0.00000256. The molecular weight excluding hydrogens is 420 g/mol. The van der Waals surface area contributed by atoms with Gasteiger partial charge in [0.2, 0.25) is 0 Å². The highest BCUT2D eigenvalue weighted by molar-refractivity contribution is 7.92. The second-order valence-corrected chi connectivity index (χ2v) is 8.57. The van der Waals surface area contributed by atoms with E-state index in [4.69, 9.17) is 5.84 Å². The molecule has 0 atom stereocenters. The minimum Gasteiger partial charge on any atom is -0.293 e. The molecule has 1 heterocycles. The van der Waals surface area contributed by atoms with Gasteiger partial charge in [-0.15, -0.1) is 12.4 Å². The van der Waals surface area contributed by atoms with Gasteiger partial charge in [-0.2, -0.15) is 0 Å². The van der Waals surface area contributed by atoms with Crippen LogP contribution in [0.1, 0.15) is 16.7 Å². The van der Waals surface area contributed by atoms with E-state index < -0.39 is 10.0 Å². The SMILES string of the molecule is Cl.NN1CCN=C1c1ccc(Cc2ccc(NS(=O)(=O)c3ccccc3)cc2)cc1. The lowest BCUT2D eigenvalue weighted by Gasteiger charge is -2.13. The molecule has 0 spiro atoms. The van der Waals surface area contributed by atoms with Crippen LogP contribution in [-0.4, -0.2) is 32.4 Å². The highest BCUT2D eigenvalue weighted by atomic mass is 35.5. The zero-order valence-corrected chi connectivity index (χ0v) is 17.9. The summed E-state index contributed by atoms with van der Waals surface area (Å²) in [6.07, 6.45) is 0.755. The van der Waals surface area contributed by atoms with Crippen LogP contribution in [0.3, 0.4) is 0 Å². The van der Waals surface area contributed by atoms with Crippen LogP contribution in [0.2, 0.25) is 0 Å². The number of anilines is 1. The summed E-state index contributed by atoms with van der Waals surface area (Å²) in [5, 5.41) is 1.67. The Kier molecular flexibility index (Phi) is 6.77. The second kappa shape index (κ2) is 9.30. The van der Waals surface area contributed by atoms with Crippen LogP contribution in [0.4, 0.5) is 5.69 Å². The van der Waals surface area contributed by atoms with E-state index in [1.54, 1.807) is 47.5 Å². The predicted molar refractivity (Wildman–Crippen MR) is 122 cm³/mol. The number of amidine groups is 1. The highest BCUT2D eigenvalue weighted by Crippen LogP contribution is 2.18. The summed E-state index contributed by atoms with van der Waals surface area (Å²) in [5.74, 6) is 6.75. The first kappa shape index (κ1) is 21.8. The van der Waals surface area contributed by atoms with Crippen molar-refractivity contribution in [3.63, 3.8) is 0 Å². The van der Waals surface area contributed by atoms with Crippen molar-refractivity contribution in [2.24, 2.45) is 10.8 Å². The van der Waals surface area contributed by atoms with E-state index in [1.165, 1.54) is 0 Å². The van der Waals surface area contributed by atoms with E-state index in [0.29, 0.717) is 5.69 Å². The number of nitrogens with zero attached hydrogens (tertiary/aromatic N) is 2. The second-order valence-electron chi connectivity index (χ2n) is 6.89. The molecular formula is C22H23ClN4O2S. The number of benzene rings is 3. The van der Waals surface area contributed by atoms with Crippen LogP contribution in [0.15, 0.2) is 88.8 Å². The molecule has 3 N–H and O–H groups in total. The van der Waals surface area contributed by atoms with Crippen molar-refractivity contribution in [2.75, 3.05) is 17.8 Å². The molecule has 1 aliphatic heterocycles. The lowest BCUT2D eigenvalue weighted by Crippen LogP contribution is -2.34. The largest absolute Gasteiger partial charge is 0.293 e. The molecule has 8 heteroatoms. The van der Waals surface area contributed by atoms with Gasteiger partial charge < -0.3 is 0 Å². The van der Waals surface area contributed by atoms with Gasteiger partial charge >= 0.3 is 0 Å². The number of sulfonamides is 1. The van der Waals surface area contributed by atoms with Crippen LogP contribution in [0, 0.1) is 0 Å². The fourth-order valence-corrected chi connectivity index (χ4v) is 4.31. The maximum Gasteiger partial charge on any atom is 0.261 e. The van der Waals surface area contributed by atoms with E-state index in [-0.39, 0.29) is 17.3 Å². The number of rotatable bonds is 6. The van der Waals surface area contributed by atoms with Crippen LogP contribution < -0.4 is 10.6 Å². The van der Waals surface area contributed by atoms with Crippen molar-refractivity contribution in [1.82, 2.24) is 5.01 Å². The van der Waals surface area contributed by atoms with Crippen molar-refractivity contribution in [3.05, 3.63) is 95.6 Å². The molecule has 0 aromatic heterocycles. The highest BCUT2D eigenvalue weighted by Gasteiger charge is 2.15. The van der Waals surface area contributed by atoms with Gasteiger partial charge in [-0.3, -0.25) is 14.7 Å². The Bertz CT molecular complexity index is 1120. The van der Waals surface area contributed by atoms with Crippen molar-refractivity contribution in [2.45, 2.75) is 11.3 Å². The standard InChI is InChI=1S/C22H22N4O2S.ClH/c23-26-15-14-24-22(26)19-10-6-17(7-11-19)16-18-8-12-20(13-9-18)25-29(27,28)21-4-2-1-3-5-21;/h1-13,25H,14-16,23H2;1H. The molecule has 6 nitrogen and oxygen atoms in total. The lowest BCUT2D eigenvalue weighted by atomic mass is 10.0. The summed E-state index contributed by atoms with van der Waals surface area (Å²) in [5.41, 5.74) is 3.81. The van der Waals surface area contributed by atoms with Gasteiger partial charge in [0.15, 0.2) is 0 Å². The van der Waals surface area contributed by atoms with Crippen molar-refractivity contribution < 1.29 is 8.42 Å². The van der Waals surface area contributed by atoms with Crippen LogP contribution in [0.25, 0.3) is 0 Å². The Labute approximate surface area is 182 Å². The minimum atomic E-state index is -3.58. The number of hydrogen-bond donors (Lipinski definition) is 2. The van der Waals surface area contributed by atoms with Crippen LogP contribution in [-0.2, 0) is 16.4 Å². The third-order valence-electron chi connectivity index (χ3n) is 4.75. The quantitative estimate of drug-likeness (QED) is 0.572. The summed E-state index contributed by atoms with van der Waals surface area (Å²) in [6.45, 7) is 1.48. The molecule has 0 saturated carbocycles. The van der Waals surface area contributed by atoms with Gasteiger partial charge in [-0.05, 0) is 41.8 Å². The Morgan fingerprint density at radius 1 is 0.900 bits per heavy atom. The molecule has 0 radical (unpaired) electrons. The number of nitrogens with one attached hydrogen (secondary N) is 1. The van der Waals surface area contributed by atoms with Gasteiger partial charge in [0.05, 0.1) is 18.0 Å². The molecule has 0 unspecified atom stereocenters. The molecule has 0 bridgehead atoms. The fraction of sp³-hybridized carbons (Fsp3) is 0.136. The Morgan fingerprint density at radius 2 is 1.50 bits per heavy atom. The van der Waals surface area contributed by atoms with Crippen LogP contribution in [0.5, 0.6) is 0 Å². The van der Waals surface area contributed by atoms with Crippen molar-refractivity contribution >= 4 is 34.0 Å². The van der Waals surface area contributed by atoms with E-state index >= 15 is 0 Å². The van der Waals surface area contributed by atoms with E-state index in [2.05, 4.69) is 21.8 Å². The Morgan fingerprint density at radius 3 is 2.07 bits per heavy atom. The third kappa shape index (κ3) is 4.99. The molecule has 0 saturated heterocycles. The smallest absolute Gasteiger partial charge is 0.261 e. The maximum absolute atomic E-state index is 12.4.